The van der Waals surface area contributed by atoms with Gasteiger partial charge in [-0.05, 0) is 54.1 Å². The van der Waals surface area contributed by atoms with E-state index in [0.29, 0.717) is 23.1 Å². The Morgan fingerprint density at radius 3 is 2.52 bits per heavy atom. The number of hydrogen-bond donors (Lipinski definition) is 1. The SMILES string of the molecule is Fc1ccc(NCc2nc3ccccc3n2Cc2ccc(Cl)cc2Cl)cc1. The first kappa shape index (κ1) is 17.8. The van der Waals surface area contributed by atoms with Gasteiger partial charge in [-0.1, -0.05) is 41.4 Å². The van der Waals surface area contributed by atoms with Crippen LogP contribution in [0, 0.1) is 5.82 Å². The van der Waals surface area contributed by atoms with E-state index in [-0.39, 0.29) is 5.82 Å². The van der Waals surface area contributed by atoms with Crippen molar-refractivity contribution in [3.63, 3.8) is 0 Å². The van der Waals surface area contributed by atoms with Gasteiger partial charge in [0.25, 0.3) is 0 Å². The topological polar surface area (TPSA) is 29.9 Å². The summed E-state index contributed by atoms with van der Waals surface area (Å²) < 4.78 is 15.2. The van der Waals surface area contributed by atoms with Crippen molar-refractivity contribution in [3.05, 3.63) is 94.0 Å². The molecular weight excluding hydrogens is 384 g/mol. The summed E-state index contributed by atoms with van der Waals surface area (Å²) in [5.74, 6) is 0.608. The van der Waals surface area contributed by atoms with Crippen molar-refractivity contribution in [2.75, 3.05) is 5.32 Å². The van der Waals surface area contributed by atoms with Crippen LogP contribution in [0.1, 0.15) is 11.4 Å². The highest BCUT2D eigenvalue weighted by Crippen LogP contribution is 2.25. The van der Waals surface area contributed by atoms with Crippen molar-refractivity contribution in [1.29, 1.82) is 0 Å². The van der Waals surface area contributed by atoms with Crippen molar-refractivity contribution in [1.82, 2.24) is 9.55 Å². The van der Waals surface area contributed by atoms with Crippen molar-refractivity contribution in [2.24, 2.45) is 0 Å². The zero-order valence-corrected chi connectivity index (χ0v) is 15.8. The average Bonchev–Trinajstić information content (AvgIpc) is 3.01. The molecule has 0 amide bonds. The van der Waals surface area contributed by atoms with Gasteiger partial charge in [-0.2, -0.15) is 0 Å². The predicted molar refractivity (Wildman–Crippen MR) is 109 cm³/mol. The van der Waals surface area contributed by atoms with Gasteiger partial charge in [0.15, 0.2) is 0 Å². The molecule has 0 bridgehead atoms. The van der Waals surface area contributed by atoms with Gasteiger partial charge < -0.3 is 9.88 Å². The van der Waals surface area contributed by atoms with E-state index < -0.39 is 0 Å². The number of hydrogen-bond acceptors (Lipinski definition) is 2. The maximum Gasteiger partial charge on any atom is 0.129 e. The summed E-state index contributed by atoms with van der Waals surface area (Å²) >= 11 is 12.4. The summed E-state index contributed by atoms with van der Waals surface area (Å²) in [4.78, 5) is 4.75. The van der Waals surface area contributed by atoms with Crippen molar-refractivity contribution in [3.8, 4) is 0 Å². The van der Waals surface area contributed by atoms with Crippen LogP contribution in [0.3, 0.4) is 0 Å². The standard InChI is InChI=1S/C21H16Cl2FN3/c22-15-6-5-14(18(23)11-15)13-27-20-4-2-1-3-19(20)26-21(27)12-25-17-9-7-16(24)8-10-17/h1-11,25H,12-13H2. The number of nitrogens with zero attached hydrogens (tertiary/aromatic N) is 2. The first-order valence-electron chi connectivity index (χ1n) is 8.48. The Kier molecular flexibility index (Phi) is 5.01. The molecule has 4 rings (SSSR count). The molecule has 3 aromatic carbocycles. The number of benzene rings is 3. The first-order valence-corrected chi connectivity index (χ1v) is 9.23. The van der Waals surface area contributed by atoms with E-state index in [1.807, 2.05) is 36.4 Å². The lowest BCUT2D eigenvalue weighted by molar-refractivity contribution is 0.628. The second-order valence-corrected chi connectivity index (χ2v) is 7.04. The van der Waals surface area contributed by atoms with E-state index in [9.17, 15) is 4.39 Å². The Morgan fingerprint density at radius 2 is 1.74 bits per heavy atom. The fraction of sp³-hybridized carbons (Fsp3) is 0.0952. The van der Waals surface area contributed by atoms with Crippen LogP contribution in [-0.4, -0.2) is 9.55 Å². The number of halogens is 3. The largest absolute Gasteiger partial charge is 0.378 e. The molecule has 0 aliphatic carbocycles. The predicted octanol–water partition coefficient (Wildman–Crippen LogP) is 6.14. The molecule has 6 heteroatoms. The van der Waals surface area contributed by atoms with Crippen LogP contribution in [0.5, 0.6) is 0 Å². The third kappa shape index (κ3) is 3.92. The molecule has 1 aromatic heterocycles. The molecule has 4 aromatic rings. The van der Waals surface area contributed by atoms with Crippen LogP contribution >= 0.6 is 23.2 Å². The Morgan fingerprint density at radius 1 is 0.963 bits per heavy atom. The molecule has 0 aliphatic heterocycles. The summed E-state index contributed by atoms with van der Waals surface area (Å²) in [6, 6.07) is 19.7. The monoisotopic (exact) mass is 399 g/mol. The third-order valence-corrected chi connectivity index (χ3v) is 4.96. The van der Waals surface area contributed by atoms with Crippen LogP contribution < -0.4 is 5.32 Å². The molecular formula is C21H16Cl2FN3. The fourth-order valence-corrected chi connectivity index (χ4v) is 3.47. The minimum Gasteiger partial charge on any atom is -0.378 e. The van der Waals surface area contributed by atoms with Crippen molar-refractivity contribution in [2.45, 2.75) is 13.1 Å². The molecule has 0 fully saturated rings. The normalized spacial score (nSPS) is 11.1. The highest BCUT2D eigenvalue weighted by atomic mass is 35.5. The second kappa shape index (κ2) is 7.59. The molecule has 1 N–H and O–H groups in total. The molecule has 0 atom stereocenters. The third-order valence-electron chi connectivity index (χ3n) is 4.37. The number of fused-ring (bicyclic) bond motifs is 1. The molecule has 0 saturated heterocycles. The molecule has 136 valence electrons. The number of nitrogens with one attached hydrogen (secondary N) is 1. The zero-order valence-electron chi connectivity index (χ0n) is 14.3. The molecule has 0 radical (unpaired) electrons. The van der Waals surface area contributed by atoms with E-state index in [1.165, 1.54) is 12.1 Å². The van der Waals surface area contributed by atoms with Gasteiger partial charge in [0.2, 0.25) is 0 Å². The fourth-order valence-electron chi connectivity index (χ4n) is 3.01. The lowest BCUT2D eigenvalue weighted by Crippen LogP contribution is -2.10. The van der Waals surface area contributed by atoms with Gasteiger partial charge in [0.05, 0.1) is 24.1 Å². The minimum absolute atomic E-state index is 0.259. The molecule has 1 heterocycles. The summed E-state index contributed by atoms with van der Waals surface area (Å²) in [5, 5.41) is 4.53. The van der Waals surface area contributed by atoms with Gasteiger partial charge >= 0.3 is 0 Å². The lowest BCUT2D eigenvalue weighted by atomic mass is 10.2. The highest BCUT2D eigenvalue weighted by Gasteiger charge is 2.12. The quantitative estimate of drug-likeness (QED) is 0.436. The molecule has 0 saturated carbocycles. The van der Waals surface area contributed by atoms with Crippen LogP contribution in [0.4, 0.5) is 10.1 Å². The smallest absolute Gasteiger partial charge is 0.129 e. The number of rotatable bonds is 5. The Labute approximate surface area is 166 Å². The van der Waals surface area contributed by atoms with Gasteiger partial charge in [-0.15, -0.1) is 0 Å². The van der Waals surface area contributed by atoms with E-state index in [4.69, 9.17) is 28.2 Å². The average molecular weight is 400 g/mol. The van der Waals surface area contributed by atoms with Gasteiger partial charge in [0.1, 0.15) is 11.6 Å². The number of imidazole rings is 1. The van der Waals surface area contributed by atoms with Crippen LogP contribution in [0.25, 0.3) is 11.0 Å². The molecule has 0 unspecified atom stereocenters. The lowest BCUT2D eigenvalue weighted by Gasteiger charge is -2.12. The zero-order chi connectivity index (χ0) is 18.8. The van der Waals surface area contributed by atoms with E-state index >= 15 is 0 Å². The first-order chi connectivity index (χ1) is 13.1. The summed E-state index contributed by atoms with van der Waals surface area (Å²) in [5.41, 5.74) is 3.74. The van der Waals surface area contributed by atoms with Crippen molar-refractivity contribution < 1.29 is 4.39 Å². The number of para-hydroxylation sites is 2. The maximum atomic E-state index is 13.1. The van der Waals surface area contributed by atoms with Gasteiger partial charge in [-0.25, -0.2) is 9.37 Å². The highest BCUT2D eigenvalue weighted by molar-refractivity contribution is 6.35. The number of anilines is 1. The molecule has 0 spiro atoms. The second-order valence-electron chi connectivity index (χ2n) is 6.20. The summed E-state index contributed by atoms with van der Waals surface area (Å²) in [6.07, 6.45) is 0. The Balaban J connectivity index is 1.67. The molecule has 27 heavy (non-hydrogen) atoms. The molecule has 0 aliphatic rings. The van der Waals surface area contributed by atoms with E-state index in [2.05, 4.69) is 9.88 Å². The van der Waals surface area contributed by atoms with Crippen LogP contribution in [-0.2, 0) is 13.1 Å². The molecule has 3 nitrogen and oxygen atoms in total. The van der Waals surface area contributed by atoms with Gasteiger partial charge in [0, 0.05) is 15.7 Å². The van der Waals surface area contributed by atoms with Crippen molar-refractivity contribution >= 4 is 39.9 Å². The number of aromatic nitrogens is 2. The van der Waals surface area contributed by atoms with E-state index in [0.717, 1.165) is 28.1 Å². The Bertz CT molecular complexity index is 1090. The van der Waals surface area contributed by atoms with E-state index in [1.54, 1.807) is 18.2 Å². The van der Waals surface area contributed by atoms with Crippen LogP contribution in [0.15, 0.2) is 66.7 Å². The maximum absolute atomic E-state index is 13.1. The minimum atomic E-state index is -0.259. The van der Waals surface area contributed by atoms with Gasteiger partial charge in [-0.3, -0.25) is 0 Å². The summed E-state index contributed by atoms with van der Waals surface area (Å²) in [6.45, 7) is 1.09. The van der Waals surface area contributed by atoms with Crippen LogP contribution in [0.2, 0.25) is 10.0 Å². The Hall–Kier alpha value is -2.56. The summed E-state index contributed by atoms with van der Waals surface area (Å²) in [7, 11) is 0.